The van der Waals surface area contributed by atoms with E-state index in [1.807, 2.05) is 26.0 Å². The van der Waals surface area contributed by atoms with Gasteiger partial charge in [0.15, 0.2) is 5.96 Å². The molecule has 0 amide bonds. The van der Waals surface area contributed by atoms with Crippen LogP contribution in [0.2, 0.25) is 0 Å². The van der Waals surface area contributed by atoms with E-state index in [1.165, 1.54) is 19.3 Å². The van der Waals surface area contributed by atoms with Crippen LogP contribution in [0.1, 0.15) is 52.0 Å². The van der Waals surface area contributed by atoms with E-state index < -0.39 is 0 Å². The number of aliphatic imine (C=N–C) groups is 1. The maximum absolute atomic E-state index is 5.83. The Hall–Kier alpha value is -1.78. The molecule has 0 radical (unpaired) electrons. The largest absolute Gasteiger partial charge is 0.475 e. The smallest absolute Gasteiger partial charge is 0.213 e. The maximum Gasteiger partial charge on any atom is 0.213 e. The average Bonchev–Trinajstić information content (AvgIpc) is 2.46. The fourth-order valence-corrected chi connectivity index (χ4v) is 1.82. The van der Waals surface area contributed by atoms with Gasteiger partial charge in [0.25, 0.3) is 0 Å². The molecule has 118 valence electrons. The summed E-state index contributed by atoms with van der Waals surface area (Å²) in [6.07, 6.45) is 6.79. The predicted molar refractivity (Wildman–Crippen MR) is 87.5 cm³/mol. The monoisotopic (exact) mass is 292 g/mol. The summed E-state index contributed by atoms with van der Waals surface area (Å²) in [4.78, 5) is 8.55. The van der Waals surface area contributed by atoms with Crippen molar-refractivity contribution in [2.24, 2.45) is 10.7 Å². The van der Waals surface area contributed by atoms with Crippen molar-refractivity contribution in [1.29, 1.82) is 0 Å². The van der Waals surface area contributed by atoms with Crippen molar-refractivity contribution in [1.82, 2.24) is 10.3 Å². The lowest BCUT2D eigenvalue weighted by Gasteiger charge is -2.08. The van der Waals surface area contributed by atoms with E-state index in [9.17, 15) is 0 Å². The summed E-state index contributed by atoms with van der Waals surface area (Å²) in [5.74, 6) is 1.13. The Balaban J connectivity index is 2.30. The van der Waals surface area contributed by atoms with E-state index >= 15 is 0 Å². The Morgan fingerprint density at radius 1 is 1.33 bits per heavy atom. The second-order valence-electron chi connectivity index (χ2n) is 5.36. The van der Waals surface area contributed by atoms with E-state index in [-0.39, 0.29) is 6.10 Å². The Morgan fingerprint density at radius 2 is 2.14 bits per heavy atom. The number of hydrogen-bond donors (Lipinski definition) is 2. The molecule has 0 aliphatic heterocycles. The summed E-state index contributed by atoms with van der Waals surface area (Å²) < 4.78 is 5.50. The van der Waals surface area contributed by atoms with Gasteiger partial charge in [0.05, 0.1) is 12.6 Å². The SMILES string of the molecule is CCCCCCNC(N)=NCc1ccc(OC(C)C)nc1. The van der Waals surface area contributed by atoms with E-state index in [0.717, 1.165) is 18.5 Å². The summed E-state index contributed by atoms with van der Waals surface area (Å²) in [6.45, 7) is 7.58. The quantitative estimate of drug-likeness (QED) is 0.417. The first-order valence-corrected chi connectivity index (χ1v) is 7.77. The molecule has 0 fully saturated rings. The topological polar surface area (TPSA) is 72.5 Å². The standard InChI is InChI=1S/C16H28N4O/c1-4-5-6-7-10-18-16(17)20-12-14-8-9-15(19-11-14)21-13(2)3/h8-9,11,13H,4-7,10,12H2,1-3H3,(H3,17,18,20). The first kappa shape index (κ1) is 17.3. The molecule has 0 saturated heterocycles. The third kappa shape index (κ3) is 8.17. The van der Waals surface area contributed by atoms with E-state index in [2.05, 4.69) is 22.2 Å². The minimum atomic E-state index is 0.133. The van der Waals surface area contributed by atoms with Crippen LogP contribution in [0, 0.1) is 0 Å². The van der Waals surface area contributed by atoms with Gasteiger partial charge in [-0.1, -0.05) is 32.3 Å². The molecule has 1 heterocycles. The number of unbranched alkanes of at least 4 members (excludes halogenated alkanes) is 3. The third-order valence-electron chi connectivity index (χ3n) is 2.92. The summed E-state index contributed by atoms with van der Waals surface area (Å²) >= 11 is 0. The van der Waals surface area contributed by atoms with Gasteiger partial charge >= 0.3 is 0 Å². The number of nitrogens with one attached hydrogen (secondary N) is 1. The molecule has 1 rings (SSSR count). The molecule has 0 aliphatic carbocycles. The Bertz CT molecular complexity index is 415. The van der Waals surface area contributed by atoms with Gasteiger partial charge in [-0.25, -0.2) is 9.98 Å². The zero-order valence-electron chi connectivity index (χ0n) is 13.4. The first-order valence-electron chi connectivity index (χ1n) is 7.77. The Labute approximate surface area is 128 Å². The molecular formula is C16H28N4O. The average molecular weight is 292 g/mol. The fourth-order valence-electron chi connectivity index (χ4n) is 1.82. The zero-order valence-corrected chi connectivity index (χ0v) is 13.4. The van der Waals surface area contributed by atoms with E-state index in [4.69, 9.17) is 10.5 Å². The minimum Gasteiger partial charge on any atom is -0.475 e. The number of guanidine groups is 1. The highest BCUT2D eigenvalue weighted by atomic mass is 16.5. The molecule has 0 saturated carbocycles. The van der Waals surface area contributed by atoms with Crippen molar-refractivity contribution in [3.8, 4) is 5.88 Å². The Kier molecular flexibility index (Phi) is 8.24. The highest BCUT2D eigenvalue weighted by Gasteiger charge is 1.99. The molecule has 1 aromatic rings. The minimum absolute atomic E-state index is 0.133. The molecule has 1 aromatic heterocycles. The molecule has 0 spiro atoms. The number of aromatic nitrogens is 1. The summed E-state index contributed by atoms with van der Waals surface area (Å²) in [5.41, 5.74) is 6.84. The van der Waals surface area contributed by atoms with Gasteiger partial charge in [-0.3, -0.25) is 0 Å². The Morgan fingerprint density at radius 3 is 2.76 bits per heavy atom. The molecule has 3 N–H and O–H groups in total. The normalized spacial score (nSPS) is 11.7. The molecule has 0 aliphatic rings. The fraction of sp³-hybridized carbons (Fsp3) is 0.625. The summed E-state index contributed by atoms with van der Waals surface area (Å²) in [5, 5.41) is 3.13. The first-order chi connectivity index (χ1) is 10.1. The van der Waals surface area contributed by atoms with Crippen molar-refractivity contribution in [2.75, 3.05) is 6.54 Å². The molecule has 0 unspecified atom stereocenters. The molecule has 0 aromatic carbocycles. The lowest BCUT2D eigenvalue weighted by atomic mass is 10.2. The number of nitrogens with two attached hydrogens (primary N) is 1. The molecule has 21 heavy (non-hydrogen) atoms. The molecule has 0 atom stereocenters. The lowest BCUT2D eigenvalue weighted by molar-refractivity contribution is 0.232. The molecule has 5 heteroatoms. The second kappa shape index (κ2) is 10.0. The number of ether oxygens (including phenoxy) is 1. The van der Waals surface area contributed by atoms with Crippen LogP contribution >= 0.6 is 0 Å². The molecule has 0 bridgehead atoms. The zero-order chi connectivity index (χ0) is 15.5. The van der Waals surface area contributed by atoms with Crippen molar-refractivity contribution >= 4 is 5.96 Å². The number of hydrogen-bond acceptors (Lipinski definition) is 3. The van der Waals surface area contributed by atoms with Gasteiger partial charge in [0.2, 0.25) is 5.88 Å². The summed E-state index contributed by atoms with van der Waals surface area (Å²) in [7, 11) is 0. The molecular weight excluding hydrogens is 264 g/mol. The van der Waals surface area contributed by atoms with Crippen LogP contribution in [0.4, 0.5) is 0 Å². The van der Waals surface area contributed by atoms with Crippen molar-refractivity contribution in [2.45, 2.75) is 59.1 Å². The highest BCUT2D eigenvalue weighted by Crippen LogP contribution is 2.10. The lowest BCUT2D eigenvalue weighted by Crippen LogP contribution is -2.32. The third-order valence-corrected chi connectivity index (χ3v) is 2.92. The van der Waals surface area contributed by atoms with Gasteiger partial charge in [0.1, 0.15) is 0 Å². The predicted octanol–water partition coefficient (Wildman–Crippen LogP) is 2.85. The van der Waals surface area contributed by atoms with Crippen molar-refractivity contribution < 1.29 is 4.74 Å². The van der Waals surface area contributed by atoms with Crippen LogP contribution in [0.3, 0.4) is 0 Å². The summed E-state index contributed by atoms with van der Waals surface area (Å²) in [6, 6.07) is 3.82. The van der Waals surface area contributed by atoms with E-state index in [1.54, 1.807) is 6.20 Å². The number of pyridine rings is 1. The van der Waals surface area contributed by atoms with Crippen LogP contribution in [0.5, 0.6) is 5.88 Å². The maximum atomic E-state index is 5.83. The molecule has 5 nitrogen and oxygen atoms in total. The van der Waals surface area contributed by atoms with Gasteiger partial charge in [-0.05, 0) is 25.8 Å². The highest BCUT2D eigenvalue weighted by molar-refractivity contribution is 5.77. The van der Waals surface area contributed by atoms with Crippen LogP contribution in [0.15, 0.2) is 23.3 Å². The van der Waals surface area contributed by atoms with Gasteiger partial charge in [-0.15, -0.1) is 0 Å². The van der Waals surface area contributed by atoms with Crippen LogP contribution in [0.25, 0.3) is 0 Å². The van der Waals surface area contributed by atoms with Crippen LogP contribution in [-0.4, -0.2) is 23.6 Å². The van der Waals surface area contributed by atoms with Crippen LogP contribution in [-0.2, 0) is 6.54 Å². The van der Waals surface area contributed by atoms with Crippen molar-refractivity contribution in [3.63, 3.8) is 0 Å². The van der Waals surface area contributed by atoms with Crippen LogP contribution < -0.4 is 15.8 Å². The van der Waals surface area contributed by atoms with E-state index in [0.29, 0.717) is 18.4 Å². The van der Waals surface area contributed by atoms with Gasteiger partial charge in [0, 0.05) is 18.8 Å². The number of rotatable bonds is 9. The van der Waals surface area contributed by atoms with Gasteiger partial charge < -0.3 is 15.8 Å². The van der Waals surface area contributed by atoms with Crippen molar-refractivity contribution in [3.05, 3.63) is 23.9 Å². The second-order valence-corrected chi connectivity index (χ2v) is 5.36. The number of nitrogens with zero attached hydrogens (tertiary/aromatic N) is 2. The van der Waals surface area contributed by atoms with Gasteiger partial charge in [-0.2, -0.15) is 0 Å².